The van der Waals surface area contributed by atoms with Crippen LogP contribution in [0.25, 0.3) is 11.5 Å². The van der Waals surface area contributed by atoms with Gasteiger partial charge in [0.1, 0.15) is 4.90 Å². The Kier molecular flexibility index (Phi) is 4.61. The van der Waals surface area contributed by atoms with E-state index in [0.717, 1.165) is 24.8 Å². The lowest BCUT2D eigenvalue weighted by Gasteiger charge is -2.20. The molecule has 0 amide bonds. The summed E-state index contributed by atoms with van der Waals surface area (Å²) in [4.78, 5) is 3.26. The Morgan fingerprint density at radius 1 is 1.15 bits per heavy atom. The smallest absolute Gasteiger partial charge is 0.250 e. The number of hydrogen-bond donors (Lipinski definition) is 2. The molecule has 8 heteroatoms. The molecule has 142 valence electrons. The third-order valence-corrected chi connectivity index (χ3v) is 6.58. The maximum absolute atomic E-state index is 13.0. The number of aromatic nitrogens is 3. The van der Waals surface area contributed by atoms with E-state index in [9.17, 15) is 8.42 Å². The van der Waals surface area contributed by atoms with Gasteiger partial charge in [0, 0.05) is 23.9 Å². The highest BCUT2D eigenvalue weighted by molar-refractivity contribution is 7.89. The molecule has 1 aliphatic carbocycles. The van der Waals surface area contributed by atoms with Gasteiger partial charge in [-0.1, -0.05) is 36.8 Å². The lowest BCUT2D eigenvalue weighted by atomic mass is 9.85. The topological polar surface area (TPSA) is 101 Å². The van der Waals surface area contributed by atoms with Gasteiger partial charge >= 0.3 is 0 Å². The monoisotopic (exact) mass is 386 g/mol. The second-order valence-corrected chi connectivity index (χ2v) is 8.67. The molecule has 0 bridgehead atoms. The van der Waals surface area contributed by atoms with Crippen LogP contribution in [0.4, 0.5) is 0 Å². The summed E-state index contributed by atoms with van der Waals surface area (Å²) in [5.74, 6) is 1.14. The van der Waals surface area contributed by atoms with Crippen LogP contribution in [0.5, 0.6) is 0 Å². The van der Waals surface area contributed by atoms with Crippen molar-refractivity contribution in [3.63, 3.8) is 0 Å². The summed E-state index contributed by atoms with van der Waals surface area (Å²) in [5, 5.41) is 8.26. The second kappa shape index (κ2) is 6.94. The van der Waals surface area contributed by atoms with E-state index in [0.29, 0.717) is 28.8 Å². The number of nitrogens with one attached hydrogen (secondary N) is 2. The van der Waals surface area contributed by atoms with E-state index in [1.54, 1.807) is 6.92 Å². The molecule has 4 rings (SSSR count). The van der Waals surface area contributed by atoms with Gasteiger partial charge in [0.15, 0.2) is 0 Å². The van der Waals surface area contributed by atoms with Crippen LogP contribution in [0.3, 0.4) is 0 Å². The van der Waals surface area contributed by atoms with E-state index in [1.807, 2.05) is 37.3 Å². The summed E-state index contributed by atoms with van der Waals surface area (Å²) in [6.07, 6.45) is 3.24. The van der Waals surface area contributed by atoms with Gasteiger partial charge in [0.25, 0.3) is 5.89 Å². The first kappa shape index (κ1) is 17.9. The van der Waals surface area contributed by atoms with Gasteiger partial charge < -0.3 is 9.40 Å². The Bertz CT molecular complexity index is 1050. The Morgan fingerprint density at radius 2 is 1.89 bits per heavy atom. The zero-order valence-corrected chi connectivity index (χ0v) is 16.1. The molecule has 0 aliphatic heterocycles. The Labute approximate surface area is 158 Å². The van der Waals surface area contributed by atoms with Gasteiger partial charge in [0.2, 0.25) is 15.9 Å². The summed E-state index contributed by atoms with van der Waals surface area (Å²) in [6, 6.07) is 9.40. The van der Waals surface area contributed by atoms with Crippen LogP contribution < -0.4 is 4.72 Å². The van der Waals surface area contributed by atoms with Crippen LogP contribution in [-0.2, 0) is 16.6 Å². The highest BCUT2D eigenvalue weighted by Crippen LogP contribution is 2.38. The molecular weight excluding hydrogens is 364 g/mol. The van der Waals surface area contributed by atoms with Crippen molar-refractivity contribution >= 4 is 10.0 Å². The van der Waals surface area contributed by atoms with Crippen molar-refractivity contribution in [3.05, 3.63) is 53.2 Å². The highest BCUT2D eigenvalue weighted by Gasteiger charge is 2.31. The lowest BCUT2D eigenvalue weighted by Crippen LogP contribution is -2.24. The number of H-pyrrole nitrogens is 1. The number of benzene rings is 1. The molecule has 0 saturated heterocycles. The zero-order valence-electron chi connectivity index (χ0n) is 15.3. The number of aryl methyl sites for hydroxylation is 2. The Morgan fingerprint density at radius 3 is 2.56 bits per heavy atom. The number of nitrogens with zero attached hydrogens (tertiary/aromatic N) is 2. The maximum Gasteiger partial charge on any atom is 0.250 e. The van der Waals surface area contributed by atoms with Crippen LogP contribution in [-0.4, -0.2) is 23.6 Å². The molecule has 2 heterocycles. The fourth-order valence-electron chi connectivity index (χ4n) is 3.35. The van der Waals surface area contributed by atoms with Gasteiger partial charge in [0.05, 0.1) is 5.56 Å². The summed E-state index contributed by atoms with van der Waals surface area (Å²) in [5.41, 5.74) is 2.58. The summed E-state index contributed by atoms with van der Waals surface area (Å²) in [6.45, 7) is 3.76. The third-order valence-electron chi connectivity index (χ3n) is 5.00. The second-order valence-electron chi connectivity index (χ2n) is 6.96. The van der Waals surface area contributed by atoms with E-state index >= 15 is 0 Å². The van der Waals surface area contributed by atoms with E-state index in [2.05, 4.69) is 19.9 Å². The van der Waals surface area contributed by atoms with Crippen LogP contribution in [0.1, 0.15) is 48.0 Å². The quantitative estimate of drug-likeness (QED) is 0.676. The van der Waals surface area contributed by atoms with Crippen LogP contribution in [0, 0.1) is 13.8 Å². The molecule has 1 saturated carbocycles. The Hall–Kier alpha value is -2.45. The van der Waals surface area contributed by atoms with Crippen molar-refractivity contribution in [2.24, 2.45) is 0 Å². The molecule has 1 aliphatic rings. The Balaban J connectivity index is 1.67. The molecule has 1 aromatic carbocycles. The summed E-state index contributed by atoms with van der Waals surface area (Å²) < 4.78 is 34.5. The van der Waals surface area contributed by atoms with Crippen molar-refractivity contribution < 1.29 is 12.8 Å². The molecule has 3 aromatic rings. The predicted octanol–water partition coefficient (Wildman–Crippen LogP) is 3.43. The average molecular weight is 386 g/mol. The fraction of sp³-hybridized carbons (Fsp3) is 0.368. The van der Waals surface area contributed by atoms with Crippen molar-refractivity contribution in [3.8, 4) is 11.5 Å². The first-order valence-electron chi connectivity index (χ1n) is 9.02. The molecular formula is C19H22N4O3S. The predicted molar refractivity (Wildman–Crippen MR) is 101 cm³/mol. The first-order chi connectivity index (χ1) is 13.0. The number of sulfonamides is 1. The maximum atomic E-state index is 13.0. The van der Waals surface area contributed by atoms with Crippen molar-refractivity contribution in [2.75, 3.05) is 0 Å². The van der Waals surface area contributed by atoms with Crippen LogP contribution in [0.15, 0.2) is 39.6 Å². The molecule has 7 nitrogen and oxygen atoms in total. The molecule has 0 atom stereocenters. The number of rotatable bonds is 6. The molecule has 2 aromatic heterocycles. The summed E-state index contributed by atoms with van der Waals surface area (Å²) in [7, 11) is -3.76. The van der Waals surface area contributed by atoms with E-state index in [1.165, 1.54) is 0 Å². The number of aromatic amines is 1. The molecule has 0 spiro atoms. The van der Waals surface area contributed by atoms with Gasteiger partial charge in [-0.05, 0) is 32.3 Å². The normalized spacial score (nSPS) is 15.0. The van der Waals surface area contributed by atoms with Crippen molar-refractivity contribution in [2.45, 2.75) is 50.5 Å². The molecule has 27 heavy (non-hydrogen) atoms. The molecule has 2 N–H and O–H groups in total. The van der Waals surface area contributed by atoms with Crippen molar-refractivity contribution in [1.82, 2.24) is 19.9 Å². The van der Waals surface area contributed by atoms with Crippen LogP contribution >= 0.6 is 0 Å². The minimum atomic E-state index is -3.76. The van der Waals surface area contributed by atoms with Gasteiger partial charge in [-0.15, -0.1) is 10.2 Å². The first-order valence-corrected chi connectivity index (χ1v) is 10.5. The van der Waals surface area contributed by atoms with E-state index in [-0.39, 0.29) is 17.3 Å². The largest absolute Gasteiger partial charge is 0.420 e. The van der Waals surface area contributed by atoms with Gasteiger partial charge in [-0.2, -0.15) is 0 Å². The van der Waals surface area contributed by atoms with E-state index in [4.69, 9.17) is 4.42 Å². The number of hydrogen-bond acceptors (Lipinski definition) is 5. The average Bonchev–Trinajstić information content (AvgIpc) is 3.16. The minimum Gasteiger partial charge on any atom is -0.420 e. The molecule has 0 radical (unpaired) electrons. The summed E-state index contributed by atoms with van der Waals surface area (Å²) >= 11 is 0. The highest BCUT2D eigenvalue weighted by atomic mass is 32.2. The van der Waals surface area contributed by atoms with Gasteiger partial charge in [-0.25, -0.2) is 13.1 Å². The van der Waals surface area contributed by atoms with Crippen molar-refractivity contribution in [1.29, 1.82) is 0 Å². The lowest BCUT2D eigenvalue weighted by molar-refractivity contribution is 0.338. The van der Waals surface area contributed by atoms with Gasteiger partial charge in [-0.3, -0.25) is 0 Å². The standard InChI is InChI=1S/C19H22N4O3S/c1-12-16(19-23-22-18(26-19)15-9-6-10-15)17(13(2)21-12)27(24,25)20-11-14-7-4-3-5-8-14/h3-5,7-8,15,20-21H,6,9-11H2,1-2H3. The minimum absolute atomic E-state index is 0.166. The molecule has 1 fully saturated rings. The molecule has 0 unspecified atom stereocenters. The van der Waals surface area contributed by atoms with E-state index < -0.39 is 10.0 Å². The van der Waals surface area contributed by atoms with Crippen LogP contribution in [0.2, 0.25) is 0 Å². The SMILES string of the molecule is Cc1[nH]c(C)c(S(=O)(=O)NCc2ccccc2)c1-c1nnc(C2CCC2)o1. The fourth-order valence-corrected chi connectivity index (χ4v) is 4.82. The third kappa shape index (κ3) is 3.42. The zero-order chi connectivity index (χ0) is 19.0.